The average Bonchev–Trinajstić information content (AvgIpc) is 3.15. The van der Waals surface area contributed by atoms with Crippen LogP contribution in [0, 0.1) is 12.7 Å². The minimum Gasteiger partial charge on any atom is -0.493 e. The normalized spacial score (nSPS) is 11.3. The van der Waals surface area contributed by atoms with Gasteiger partial charge in [-0.05, 0) is 25.1 Å². The molecule has 0 unspecified atom stereocenters. The maximum absolute atomic E-state index is 13.3. The maximum Gasteiger partial charge on any atom is 0.262 e. The molecule has 3 aromatic heterocycles. The quantitative estimate of drug-likeness (QED) is 0.559. The van der Waals surface area contributed by atoms with Crippen LogP contribution in [-0.2, 0) is 0 Å². The van der Waals surface area contributed by atoms with Gasteiger partial charge in [-0.15, -0.1) is 11.3 Å². The number of nitrogens with zero attached hydrogens (tertiary/aromatic N) is 3. The Labute approximate surface area is 149 Å². The van der Waals surface area contributed by atoms with Crippen LogP contribution >= 0.6 is 22.9 Å². The highest BCUT2D eigenvalue weighted by atomic mass is 35.5. The summed E-state index contributed by atoms with van der Waals surface area (Å²) in [6, 6.07) is 3.58. The van der Waals surface area contributed by atoms with Gasteiger partial charge >= 0.3 is 0 Å². The van der Waals surface area contributed by atoms with Gasteiger partial charge in [0.2, 0.25) is 5.88 Å². The summed E-state index contributed by atoms with van der Waals surface area (Å²) >= 11 is 7.47. The molecule has 0 aliphatic carbocycles. The third-order valence-corrected chi connectivity index (χ3v) is 4.96. The zero-order valence-corrected chi connectivity index (χ0v) is 14.3. The molecule has 4 rings (SSSR count). The van der Waals surface area contributed by atoms with E-state index < -0.39 is 11.4 Å². The Kier molecular flexibility index (Phi) is 3.59. The van der Waals surface area contributed by atoms with E-state index in [9.17, 15) is 14.3 Å². The second-order valence-corrected chi connectivity index (χ2v) is 7.01. The highest BCUT2D eigenvalue weighted by Gasteiger charge is 2.20. The first-order valence-corrected chi connectivity index (χ1v) is 8.36. The van der Waals surface area contributed by atoms with E-state index in [2.05, 4.69) is 15.1 Å². The van der Waals surface area contributed by atoms with Gasteiger partial charge in [-0.3, -0.25) is 4.79 Å². The van der Waals surface area contributed by atoms with Crippen LogP contribution in [-0.4, -0.2) is 24.7 Å². The van der Waals surface area contributed by atoms with Gasteiger partial charge in [0, 0.05) is 16.6 Å². The molecule has 0 radical (unpaired) electrons. The third-order valence-electron chi connectivity index (χ3n) is 3.70. The van der Waals surface area contributed by atoms with Gasteiger partial charge in [-0.25, -0.2) is 9.37 Å². The molecule has 25 heavy (non-hydrogen) atoms. The van der Waals surface area contributed by atoms with Crippen LogP contribution in [0.2, 0.25) is 5.02 Å². The van der Waals surface area contributed by atoms with Crippen molar-refractivity contribution in [3.63, 3.8) is 0 Å². The maximum atomic E-state index is 13.3. The number of fused-ring (bicyclic) bond motifs is 1. The Morgan fingerprint density at radius 3 is 2.80 bits per heavy atom. The molecule has 6 nitrogen and oxygen atoms in total. The molecule has 0 atom stereocenters. The lowest BCUT2D eigenvalue weighted by Gasteiger charge is -2.08. The zero-order chi connectivity index (χ0) is 17.7. The summed E-state index contributed by atoms with van der Waals surface area (Å²) in [5.74, 6) is -0.918. The van der Waals surface area contributed by atoms with Crippen molar-refractivity contribution in [2.45, 2.75) is 6.92 Å². The van der Waals surface area contributed by atoms with Crippen LogP contribution in [0.1, 0.15) is 4.88 Å². The van der Waals surface area contributed by atoms with E-state index in [0.717, 1.165) is 17.0 Å². The fourth-order valence-electron chi connectivity index (χ4n) is 2.58. The minimum atomic E-state index is -0.562. The third kappa shape index (κ3) is 2.50. The Bertz CT molecular complexity index is 1180. The molecule has 126 valence electrons. The van der Waals surface area contributed by atoms with E-state index >= 15 is 0 Å². The van der Waals surface area contributed by atoms with E-state index in [-0.39, 0.29) is 22.0 Å². The number of hydrogen-bond acceptors (Lipinski definition) is 5. The number of hydrogen-bond donors (Lipinski definition) is 2. The van der Waals surface area contributed by atoms with Crippen molar-refractivity contribution >= 4 is 28.6 Å². The molecule has 0 fully saturated rings. The number of H-pyrrole nitrogens is 1. The molecule has 0 spiro atoms. The smallest absolute Gasteiger partial charge is 0.262 e. The summed E-state index contributed by atoms with van der Waals surface area (Å²) in [6.07, 6.45) is 3.23. The molecule has 0 aliphatic rings. The monoisotopic (exact) mass is 376 g/mol. The number of aromatic amines is 1. The molecule has 0 amide bonds. The van der Waals surface area contributed by atoms with Crippen molar-refractivity contribution in [3.8, 4) is 27.6 Å². The van der Waals surface area contributed by atoms with E-state index in [0.29, 0.717) is 16.2 Å². The average molecular weight is 377 g/mol. The van der Waals surface area contributed by atoms with Crippen molar-refractivity contribution in [2.75, 3.05) is 0 Å². The van der Waals surface area contributed by atoms with Crippen LogP contribution in [0.25, 0.3) is 27.3 Å². The highest BCUT2D eigenvalue weighted by molar-refractivity contribution is 7.15. The first-order chi connectivity index (χ1) is 12.0. The molecule has 9 heteroatoms. The van der Waals surface area contributed by atoms with Gasteiger partial charge in [0.1, 0.15) is 22.0 Å². The Morgan fingerprint density at radius 2 is 2.12 bits per heavy atom. The van der Waals surface area contributed by atoms with E-state index in [1.54, 1.807) is 6.20 Å². The fourth-order valence-corrected chi connectivity index (χ4v) is 3.61. The van der Waals surface area contributed by atoms with Crippen LogP contribution in [0.3, 0.4) is 0 Å². The largest absolute Gasteiger partial charge is 0.493 e. The summed E-state index contributed by atoms with van der Waals surface area (Å²) in [5, 5.41) is 15.4. The Hall–Kier alpha value is -2.71. The summed E-state index contributed by atoms with van der Waals surface area (Å²) in [7, 11) is 0. The number of benzene rings is 1. The summed E-state index contributed by atoms with van der Waals surface area (Å²) in [6.45, 7) is 1.92. The minimum absolute atomic E-state index is 0.0167. The number of aromatic hydroxyl groups is 1. The van der Waals surface area contributed by atoms with Crippen LogP contribution in [0.5, 0.6) is 5.88 Å². The lowest BCUT2D eigenvalue weighted by atomic mass is 10.1. The van der Waals surface area contributed by atoms with E-state index in [1.807, 2.05) is 6.92 Å². The van der Waals surface area contributed by atoms with Crippen molar-refractivity contribution in [2.24, 2.45) is 0 Å². The van der Waals surface area contributed by atoms with Crippen LogP contribution < -0.4 is 5.56 Å². The molecule has 4 aromatic rings. The number of thiazole rings is 1. The Balaban J connectivity index is 1.99. The molecule has 0 saturated carbocycles. The first kappa shape index (κ1) is 15.8. The standard InChI is InChI=1S/C16H10ClFN4O2S/c1-7-5-19-15(25-7)10-6-20-22-13(10)21-14(23)12(16(22)24)9-3-2-8(18)4-11(9)17/h2-6,24H,1H3,(H,21,23). The molecule has 3 heterocycles. The number of halogens is 2. The molecule has 1 aromatic carbocycles. The number of rotatable bonds is 2. The molecular weight excluding hydrogens is 367 g/mol. The van der Waals surface area contributed by atoms with Crippen LogP contribution in [0.15, 0.2) is 35.4 Å². The molecule has 0 bridgehead atoms. The van der Waals surface area contributed by atoms with E-state index in [1.165, 1.54) is 28.1 Å². The van der Waals surface area contributed by atoms with Gasteiger partial charge in [0.25, 0.3) is 5.56 Å². The SMILES string of the molecule is Cc1cnc(-c2cnn3c(O)c(-c4ccc(F)cc4Cl)c(=O)[nH]c23)s1. The van der Waals surface area contributed by atoms with Gasteiger partial charge in [0.05, 0.1) is 16.8 Å². The van der Waals surface area contributed by atoms with Crippen molar-refractivity contribution in [3.05, 3.63) is 56.7 Å². The number of aromatic nitrogens is 4. The van der Waals surface area contributed by atoms with Gasteiger partial charge in [0.15, 0.2) is 0 Å². The number of aryl methyl sites for hydroxylation is 1. The van der Waals surface area contributed by atoms with E-state index in [4.69, 9.17) is 11.6 Å². The first-order valence-electron chi connectivity index (χ1n) is 7.17. The predicted octanol–water partition coefficient (Wildman–Crippen LogP) is 3.62. The van der Waals surface area contributed by atoms with Crippen molar-refractivity contribution in [1.29, 1.82) is 0 Å². The van der Waals surface area contributed by atoms with Gasteiger partial charge in [-0.1, -0.05) is 11.6 Å². The highest BCUT2D eigenvalue weighted by Crippen LogP contribution is 2.34. The predicted molar refractivity (Wildman–Crippen MR) is 93.7 cm³/mol. The lowest BCUT2D eigenvalue weighted by molar-refractivity contribution is 0.437. The zero-order valence-electron chi connectivity index (χ0n) is 12.7. The summed E-state index contributed by atoms with van der Waals surface area (Å²) < 4.78 is 14.5. The molecule has 2 N–H and O–H groups in total. The second-order valence-electron chi connectivity index (χ2n) is 5.37. The Morgan fingerprint density at radius 1 is 1.32 bits per heavy atom. The second kappa shape index (κ2) is 5.68. The lowest BCUT2D eigenvalue weighted by Crippen LogP contribution is -2.13. The molecular formula is C16H10ClFN4O2S. The van der Waals surface area contributed by atoms with Gasteiger partial charge in [-0.2, -0.15) is 9.61 Å². The summed E-state index contributed by atoms with van der Waals surface area (Å²) in [4.78, 5) is 20.5. The fraction of sp³-hybridized carbons (Fsp3) is 0.0625. The topological polar surface area (TPSA) is 83.3 Å². The van der Waals surface area contributed by atoms with Gasteiger partial charge < -0.3 is 10.1 Å². The summed E-state index contributed by atoms with van der Waals surface area (Å²) in [5.41, 5.74) is 0.489. The molecule has 0 aliphatic heterocycles. The number of nitrogens with one attached hydrogen (secondary N) is 1. The molecule has 0 saturated heterocycles. The van der Waals surface area contributed by atoms with Crippen molar-refractivity contribution < 1.29 is 9.50 Å². The van der Waals surface area contributed by atoms with Crippen molar-refractivity contribution in [1.82, 2.24) is 19.6 Å². The van der Waals surface area contributed by atoms with Crippen LogP contribution in [0.4, 0.5) is 4.39 Å².